The Kier molecular flexibility index (Phi) is 3.72. The minimum atomic E-state index is -3.15. The van der Waals surface area contributed by atoms with Gasteiger partial charge in [0.2, 0.25) is 0 Å². The summed E-state index contributed by atoms with van der Waals surface area (Å²) in [6.07, 6.45) is 2.37. The van der Waals surface area contributed by atoms with Crippen molar-refractivity contribution in [2.75, 3.05) is 13.2 Å². The van der Waals surface area contributed by atoms with E-state index >= 15 is 0 Å². The van der Waals surface area contributed by atoms with Crippen LogP contribution in [0, 0.1) is 0 Å². The molecule has 2 rings (SSSR count). The third kappa shape index (κ3) is 2.07. The van der Waals surface area contributed by atoms with Crippen molar-refractivity contribution in [1.29, 1.82) is 0 Å². The van der Waals surface area contributed by atoms with Gasteiger partial charge in [-0.2, -0.15) is 4.67 Å². The smallest absolute Gasteiger partial charge is 0.391 e. The maximum atomic E-state index is 12.5. The molecule has 0 aromatic carbocycles. The molecule has 0 radical (unpaired) electrons. The van der Waals surface area contributed by atoms with Crippen molar-refractivity contribution in [3.8, 4) is 0 Å². The van der Waals surface area contributed by atoms with Gasteiger partial charge in [0.15, 0.2) is 0 Å². The Balaban J connectivity index is 2.08. The summed E-state index contributed by atoms with van der Waals surface area (Å²) >= 11 is 0. The highest BCUT2D eigenvalue weighted by molar-refractivity contribution is 7.51. The lowest BCUT2D eigenvalue weighted by Crippen LogP contribution is -2.22. The molecule has 0 amide bonds. The van der Waals surface area contributed by atoms with Crippen LogP contribution in [0.25, 0.3) is 0 Å². The molecule has 94 valence electrons. The second kappa shape index (κ2) is 4.75. The number of hydrogen-bond acceptors (Lipinski definition) is 4. The molecule has 0 spiro atoms. The molecule has 16 heavy (non-hydrogen) atoms. The average molecular weight is 249 g/mol. The minimum Gasteiger partial charge on any atom is -0.391 e. The van der Waals surface area contributed by atoms with E-state index in [1.807, 2.05) is 0 Å². The van der Waals surface area contributed by atoms with E-state index in [2.05, 4.69) is 0 Å². The molecule has 5 nitrogen and oxygen atoms in total. The molecule has 1 unspecified atom stereocenters. The van der Waals surface area contributed by atoms with Gasteiger partial charge < -0.3 is 5.11 Å². The zero-order valence-corrected chi connectivity index (χ0v) is 10.7. The lowest BCUT2D eigenvalue weighted by atomic mass is 9.98. The molecular weight excluding hydrogens is 229 g/mol. The second-order valence-corrected chi connectivity index (χ2v) is 6.16. The summed E-state index contributed by atoms with van der Waals surface area (Å²) in [7, 11) is -3.15. The topological polar surface area (TPSA) is 58.8 Å². The molecule has 1 N–H and O–H groups in total. The Morgan fingerprint density at radius 1 is 1.31 bits per heavy atom. The summed E-state index contributed by atoms with van der Waals surface area (Å²) < 4.78 is 24.8. The quantitative estimate of drug-likeness (QED) is 0.594. The van der Waals surface area contributed by atoms with Crippen LogP contribution < -0.4 is 0 Å². The Morgan fingerprint density at radius 2 is 1.94 bits per heavy atom. The highest BCUT2D eigenvalue weighted by Gasteiger charge is 2.62. The Bertz CT molecular complexity index is 289. The zero-order valence-electron chi connectivity index (χ0n) is 9.83. The van der Waals surface area contributed by atoms with Gasteiger partial charge in [-0.05, 0) is 33.1 Å². The van der Waals surface area contributed by atoms with Gasteiger partial charge in [0, 0.05) is 6.04 Å². The third-order valence-electron chi connectivity index (χ3n) is 3.21. The van der Waals surface area contributed by atoms with Crippen LogP contribution in [0.5, 0.6) is 0 Å². The molecule has 0 aromatic rings. The Labute approximate surface area is 96.3 Å². The number of aliphatic hydroxyl groups excluding tert-OH is 1. The highest BCUT2D eigenvalue weighted by Crippen LogP contribution is 2.64. The van der Waals surface area contributed by atoms with E-state index in [9.17, 15) is 9.67 Å². The number of hydrogen-bond donors (Lipinski definition) is 1. The van der Waals surface area contributed by atoms with Crippen LogP contribution in [0.1, 0.15) is 33.1 Å². The molecular formula is C10H20NO4P. The lowest BCUT2D eigenvalue weighted by Gasteiger charge is -2.19. The summed E-state index contributed by atoms with van der Waals surface area (Å²) in [6.45, 7) is 4.33. The predicted octanol–water partition coefficient (Wildman–Crippen LogP) is 1.77. The first-order chi connectivity index (χ1) is 7.64. The maximum Gasteiger partial charge on any atom is 0.408 e. The number of nitrogens with zero attached hydrogens (tertiary/aromatic N) is 1. The Hall–Kier alpha value is 0.0700. The molecule has 1 saturated carbocycles. The number of fused-ring (bicyclic) bond motifs is 1. The van der Waals surface area contributed by atoms with Gasteiger partial charge in [-0.3, -0.25) is 9.05 Å². The molecule has 0 aromatic heterocycles. The number of aliphatic hydroxyl groups is 1. The summed E-state index contributed by atoms with van der Waals surface area (Å²) in [4.78, 5) is 0. The minimum absolute atomic E-state index is 0.0160. The molecule has 4 atom stereocenters. The van der Waals surface area contributed by atoms with Crippen molar-refractivity contribution >= 4 is 7.75 Å². The van der Waals surface area contributed by atoms with Crippen LogP contribution in [0.2, 0.25) is 0 Å². The van der Waals surface area contributed by atoms with E-state index in [0.717, 1.165) is 19.3 Å². The predicted molar refractivity (Wildman–Crippen MR) is 60.1 cm³/mol. The van der Waals surface area contributed by atoms with Gasteiger partial charge in [0.25, 0.3) is 0 Å². The SMILES string of the molecule is CCOP(=O)(OCC)N1[C@@H]2[C@@H](O)CCC[C@@H]21. The average Bonchev–Trinajstić information content (AvgIpc) is 2.95. The third-order valence-corrected chi connectivity index (χ3v) is 5.51. The van der Waals surface area contributed by atoms with Crippen LogP contribution >= 0.6 is 7.75 Å². The zero-order chi connectivity index (χ0) is 11.8. The normalized spacial score (nSPS) is 38.2. The van der Waals surface area contributed by atoms with Crippen molar-refractivity contribution in [2.45, 2.75) is 51.3 Å². The van der Waals surface area contributed by atoms with Crippen LogP contribution in [0.4, 0.5) is 0 Å². The maximum absolute atomic E-state index is 12.5. The first kappa shape index (κ1) is 12.5. The standard InChI is InChI=1S/C10H20NO4P/c1-3-14-16(13,15-4-2)11-8-6-5-7-9(12)10(8)11/h8-10,12H,3-7H2,1-2H3/t8-,9-,10-,11?/m0/s1. The largest absolute Gasteiger partial charge is 0.408 e. The monoisotopic (exact) mass is 249 g/mol. The first-order valence-corrected chi connectivity index (χ1v) is 7.49. The van der Waals surface area contributed by atoms with Crippen LogP contribution in [0.3, 0.4) is 0 Å². The van der Waals surface area contributed by atoms with Crippen LogP contribution in [-0.2, 0) is 13.6 Å². The van der Waals surface area contributed by atoms with Gasteiger partial charge in [-0.25, -0.2) is 4.57 Å². The van der Waals surface area contributed by atoms with Crippen LogP contribution in [-0.4, -0.2) is 41.2 Å². The van der Waals surface area contributed by atoms with Crippen molar-refractivity contribution in [3.05, 3.63) is 0 Å². The number of rotatable bonds is 5. The van der Waals surface area contributed by atoms with E-state index in [1.54, 1.807) is 18.5 Å². The van der Waals surface area contributed by atoms with Crippen LogP contribution in [0.15, 0.2) is 0 Å². The summed E-state index contributed by atoms with van der Waals surface area (Å²) in [5.74, 6) is 0. The lowest BCUT2D eigenvalue weighted by molar-refractivity contribution is 0.135. The fourth-order valence-corrected chi connectivity index (χ4v) is 4.76. The van der Waals surface area contributed by atoms with Crippen molar-refractivity contribution in [3.63, 3.8) is 0 Å². The van der Waals surface area contributed by atoms with E-state index in [1.165, 1.54) is 0 Å². The highest BCUT2D eigenvalue weighted by atomic mass is 31.2. The van der Waals surface area contributed by atoms with Gasteiger partial charge in [-0.15, -0.1) is 0 Å². The summed E-state index contributed by atoms with van der Waals surface area (Å²) in [5.41, 5.74) is 0. The Morgan fingerprint density at radius 3 is 2.44 bits per heavy atom. The molecule has 1 saturated heterocycles. The molecule has 6 heteroatoms. The van der Waals surface area contributed by atoms with Gasteiger partial charge in [-0.1, -0.05) is 0 Å². The summed E-state index contributed by atoms with van der Waals surface area (Å²) in [5, 5.41) is 9.82. The van der Waals surface area contributed by atoms with E-state index in [4.69, 9.17) is 9.05 Å². The molecule has 1 aliphatic heterocycles. The molecule has 2 fully saturated rings. The van der Waals surface area contributed by atoms with Crippen molar-refractivity contribution in [1.82, 2.24) is 4.67 Å². The van der Waals surface area contributed by atoms with E-state index < -0.39 is 7.75 Å². The fraction of sp³-hybridized carbons (Fsp3) is 1.00. The second-order valence-electron chi connectivity index (χ2n) is 4.24. The van der Waals surface area contributed by atoms with Gasteiger partial charge >= 0.3 is 7.75 Å². The van der Waals surface area contributed by atoms with E-state index in [0.29, 0.717) is 13.2 Å². The van der Waals surface area contributed by atoms with Crippen molar-refractivity contribution < 1.29 is 18.7 Å². The molecule has 2 aliphatic rings. The molecule has 1 heterocycles. The van der Waals surface area contributed by atoms with Gasteiger partial charge in [0.05, 0.1) is 25.4 Å². The first-order valence-electron chi connectivity index (χ1n) is 6.00. The van der Waals surface area contributed by atoms with Crippen molar-refractivity contribution in [2.24, 2.45) is 0 Å². The molecule has 0 bridgehead atoms. The van der Waals surface area contributed by atoms with E-state index in [-0.39, 0.29) is 18.2 Å². The fourth-order valence-electron chi connectivity index (χ4n) is 2.57. The van der Waals surface area contributed by atoms with Gasteiger partial charge in [0.1, 0.15) is 0 Å². The molecule has 1 aliphatic carbocycles. The summed E-state index contributed by atoms with van der Waals surface area (Å²) in [6, 6.07) is 0.172.